The van der Waals surface area contributed by atoms with Crippen molar-refractivity contribution < 1.29 is 55.6 Å². The van der Waals surface area contributed by atoms with Crippen molar-refractivity contribution >= 4 is 43.3 Å². The summed E-state index contributed by atoms with van der Waals surface area (Å²) in [4.78, 5) is 31.8. The molecule has 22 nitrogen and oxygen atoms in total. The summed E-state index contributed by atoms with van der Waals surface area (Å²) in [5.41, 5.74) is 3.21. The Morgan fingerprint density at radius 1 is 0.720 bits per heavy atom. The van der Waals surface area contributed by atoms with E-state index in [1.807, 2.05) is 0 Å². The van der Waals surface area contributed by atoms with Crippen LogP contribution in [0.25, 0.3) is 33.5 Å². The van der Waals surface area contributed by atoms with Gasteiger partial charge in [-0.3, -0.25) is 0 Å². The number of para-hydroxylation sites is 1. The smallest absolute Gasteiger partial charge is 0.407 e. The van der Waals surface area contributed by atoms with Gasteiger partial charge >= 0.3 is 12.2 Å². The minimum Gasteiger partial charge on any atom is -0.497 e. The summed E-state index contributed by atoms with van der Waals surface area (Å²) in [7, 11) is -5.63. The Morgan fingerprint density at radius 3 is 1.92 bits per heavy atom. The Hall–Kier alpha value is -8.42. The van der Waals surface area contributed by atoms with Gasteiger partial charge in [0.2, 0.25) is 25.9 Å². The zero-order valence-corrected chi connectivity index (χ0v) is 42.3. The number of rotatable bonds is 23. The van der Waals surface area contributed by atoms with Gasteiger partial charge in [0.25, 0.3) is 0 Å². The third-order valence-corrected chi connectivity index (χ3v) is 15.3. The van der Waals surface area contributed by atoms with Crippen molar-refractivity contribution in [3.05, 3.63) is 162 Å². The highest BCUT2D eigenvalue weighted by Crippen LogP contribution is 2.43. The molecule has 0 saturated heterocycles. The number of aromatic amines is 1. The van der Waals surface area contributed by atoms with Gasteiger partial charge in [-0.15, -0.1) is 10.2 Å². The van der Waals surface area contributed by atoms with Crippen LogP contribution in [0.4, 0.5) is 9.59 Å². The van der Waals surface area contributed by atoms with Gasteiger partial charge in [-0.05, 0) is 81.6 Å². The molecular weight excluding hydrogens is 1010 g/mol. The van der Waals surface area contributed by atoms with Crippen LogP contribution in [0.2, 0.25) is 0 Å². The minimum absolute atomic E-state index is 0.0445. The van der Waals surface area contributed by atoms with Crippen molar-refractivity contribution in [1.29, 1.82) is 0 Å². The zero-order chi connectivity index (χ0) is 53.1. The zero-order valence-electron chi connectivity index (χ0n) is 40.7. The minimum atomic E-state index is -5.11. The number of carboxylic acid groups (broad SMARTS) is 1. The summed E-state index contributed by atoms with van der Waals surface area (Å²) in [6.45, 7) is -2.16. The van der Waals surface area contributed by atoms with Crippen LogP contribution in [-0.4, -0.2) is 114 Å². The van der Waals surface area contributed by atoms with Crippen molar-refractivity contribution in [2.24, 2.45) is 0 Å². The van der Waals surface area contributed by atoms with Crippen molar-refractivity contribution in [3.63, 3.8) is 0 Å². The summed E-state index contributed by atoms with van der Waals surface area (Å²) in [6.07, 6.45) is -2.20. The first-order chi connectivity index (χ1) is 36.2. The molecule has 0 aliphatic heterocycles. The monoisotopic (exact) mass is 1060 g/mol. The maximum absolute atomic E-state index is 16.2. The molecule has 390 valence electrons. The molecule has 1 atom stereocenters. The normalized spacial score (nSPS) is 12.1. The third-order valence-electron chi connectivity index (χ3n) is 11.7. The predicted molar refractivity (Wildman–Crippen MR) is 274 cm³/mol. The maximum atomic E-state index is 16.2. The molecule has 6 aromatic carbocycles. The van der Waals surface area contributed by atoms with E-state index in [0.717, 1.165) is 15.9 Å². The quantitative estimate of drug-likeness (QED) is 0.0449. The highest BCUT2D eigenvalue weighted by atomic mass is 32.2. The second-order valence-corrected chi connectivity index (χ2v) is 20.3. The molecule has 2 amide bonds. The standard InChI is InChI=1S/C51H52N10O12S2/c1-70-38-18-12-33(13-19-38)28-60(29-34-14-20-39(71-2)21-15-34)75(68,69)48-44(74(66,67)58-37(31-62)26-53-51(65)73-32-36-8-5-4-6-9-36)25-24-41(42-10-7-11-43-47(42)55-45(54-43)27-52-50(63)64)46(48)49-56-59-61(57-49)30-35-16-22-40(72-3)23-17-35/h4-25,37,52,58,62H,26-32H2,1-3H3,(H,53,65)(H,54,55)(H,63,64). The number of ether oxygens (including phenoxy) is 4. The van der Waals surface area contributed by atoms with E-state index in [2.05, 4.69) is 35.6 Å². The van der Waals surface area contributed by atoms with Crippen molar-refractivity contribution in [2.45, 2.75) is 48.6 Å². The number of carbonyl (C=O) groups excluding carboxylic acids is 1. The molecule has 2 aromatic heterocycles. The van der Waals surface area contributed by atoms with Gasteiger partial charge in [-0.1, -0.05) is 84.9 Å². The molecule has 0 saturated carbocycles. The summed E-state index contributed by atoms with van der Waals surface area (Å²) in [5, 5.41) is 38.1. The Balaban J connectivity index is 1.33. The number of aromatic nitrogens is 6. The number of amides is 2. The van der Waals surface area contributed by atoms with E-state index in [1.165, 1.54) is 32.2 Å². The van der Waals surface area contributed by atoms with E-state index < -0.39 is 61.2 Å². The largest absolute Gasteiger partial charge is 0.497 e. The Morgan fingerprint density at radius 2 is 1.33 bits per heavy atom. The predicted octanol–water partition coefficient (Wildman–Crippen LogP) is 5.68. The number of tetrazole rings is 1. The third kappa shape index (κ3) is 12.9. The number of alkyl carbamates (subject to hydrolysis) is 1. The van der Waals surface area contributed by atoms with E-state index in [9.17, 15) is 19.8 Å². The van der Waals surface area contributed by atoms with Gasteiger partial charge in [0.1, 0.15) is 39.5 Å². The first-order valence-electron chi connectivity index (χ1n) is 23.0. The highest BCUT2D eigenvalue weighted by molar-refractivity contribution is 7.92. The number of benzene rings is 6. The number of nitrogens with zero attached hydrogens (tertiary/aromatic N) is 6. The number of hydrogen-bond donors (Lipinski definition) is 6. The van der Waals surface area contributed by atoms with Crippen LogP contribution in [0.3, 0.4) is 0 Å². The van der Waals surface area contributed by atoms with E-state index in [1.54, 1.807) is 121 Å². The van der Waals surface area contributed by atoms with Crippen LogP contribution in [0.1, 0.15) is 28.1 Å². The molecule has 8 aromatic rings. The molecule has 0 aliphatic carbocycles. The second kappa shape index (κ2) is 23.6. The van der Waals surface area contributed by atoms with E-state index in [-0.39, 0.29) is 66.6 Å². The molecule has 0 spiro atoms. The number of fused-ring (bicyclic) bond motifs is 1. The van der Waals surface area contributed by atoms with Gasteiger partial charge in [-0.25, -0.2) is 36.1 Å². The molecule has 24 heteroatoms. The Bertz CT molecular complexity index is 3440. The van der Waals surface area contributed by atoms with Crippen LogP contribution in [0.15, 0.2) is 143 Å². The van der Waals surface area contributed by atoms with Gasteiger partial charge in [0.15, 0.2) is 0 Å². The Labute approximate surface area is 431 Å². The molecule has 0 radical (unpaired) electrons. The van der Waals surface area contributed by atoms with Gasteiger partial charge in [0.05, 0.1) is 63.7 Å². The number of carbonyl (C=O) groups is 2. The summed E-state index contributed by atoms with van der Waals surface area (Å²) in [5.74, 6) is 1.54. The fourth-order valence-electron chi connectivity index (χ4n) is 7.96. The summed E-state index contributed by atoms with van der Waals surface area (Å²) >= 11 is 0. The number of H-pyrrole nitrogens is 1. The lowest BCUT2D eigenvalue weighted by Gasteiger charge is -2.27. The lowest BCUT2D eigenvalue weighted by molar-refractivity contribution is 0.137. The SMILES string of the molecule is COc1ccc(CN(Cc2ccc(OC)cc2)S(=O)(=O)c2c(S(=O)(=O)NC(CO)CNC(=O)OCc3ccccc3)ccc(-c3cccc4[nH]c(CNC(=O)O)nc34)c2-c2nnn(Cc3ccc(OC)cc3)n2)cc1. The lowest BCUT2D eigenvalue weighted by Crippen LogP contribution is -2.46. The molecule has 0 fully saturated rings. The van der Waals surface area contributed by atoms with E-state index >= 15 is 16.8 Å². The molecule has 8 rings (SSSR count). The topological polar surface area (TPSA) is 291 Å². The Kier molecular flexibility index (Phi) is 16.7. The van der Waals surface area contributed by atoms with E-state index in [0.29, 0.717) is 39.5 Å². The number of methoxy groups -OCH3 is 3. The molecule has 2 heterocycles. The number of nitrogens with one attached hydrogen (secondary N) is 4. The number of imidazole rings is 1. The fourth-order valence-corrected chi connectivity index (χ4v) is 11.6. The van der Waals surface area contributed by atoms with Crippen LogP contribution in [0, 0.1) is 0 Å². The lowest BCUT2D eigenvalue weighted by atomic mass is 9.98. The molecule has 6 N–H and O–H groups in total. The van der Waals surface area contributed by atoms with Crippen LogP contribution in [-0.2, 0) is 57.6 Å². The van der Waals surface area contributed by atoms with Gasteiger partial charge < -0.3 is 44.8 Å². The highest BCUT2D eigenvalue weighted by Gasteiger charge is 2.39. The van der Waals surface area contributed by atoms with Crippen molar-refractivity contribution in [3.8, 4) is 39.8 Å². The number of aliphatic hydroxyl groups is 1. The molecule has 75 heavy (non-hydrogen) atoms. The molecule has 0 aliphatic rings. The molecule has 0 bridgehead atoms. The van der Waals surface area contributed by atoms with Crippen LogP contribution >= 0.6 is 0 Å². The summed E-state index contributed by atoms with van der Waals surface area (Å²) in [6, 6.07) is 35.3. The van der Waals surface area contributed by atoms with Crippen molar-refractivity contribution in [2.75, 3.05) is 34.5 Å². The van der Waals surface area contributed by atoms with Crippen LogP contribution in [0.5, 0.6) is 17.2 Å². The first kappa shape index (κ1) is 52.9. The number of sulfonamides is 2. The molecular formula is C51H52N10O12S2. The number of hydrogen-bond acceptors (Lipinski definition) is 15. The fraction of sp³-hybridized carbons (Fsp3) is 0.216. The average molecular weight is 1060 g/mol. The number of aliphatic hydroxyl groups excluding tert-OH is 1. The van der Waals surface area contributed by atoms with E-state index in [4.69, 9.17) is 24.0 Å². The van der Waals surface area contributed by atoms with Crippen molar-refractivity contribution in [1.82, 2.24) is 49.8 Å². The average Bonchev–Trinajstić information content (AvgIpc) is 4.09. The maximum Gasteiger partial charge on any atom is 0.407 e. The second-order valence-electron chi connectivity index (χ2n) is 16.8. The summed E-state index contributed by atoms with van der Waals surface area (Å²) < 4.78 is 87.7. The van der Waals surface area contributed by atoms with Gasteiger partial charge in [0, 0.05) is 25.2 Å². The van der Waals surface area contributed by atoms with Gasteiger partial charge in [-0.2, -0.15) is 9.10 Å². The van der Waals surface area contributed by atoms with Crippen LogP contribution < -0.4 is 29.6 Å². The molecule has 1 unspecified atom stereocenters. The first-order valence-corrected chi connectivity index (χ1v) is 26.0.